The molecule has 4 nitrogen and oxygen atoms in total. The van der Waals surface area contributed by atoms with E-state index in [9.17, 15) is 13.2 Å². The zero-order valence-electron chi connectivity index (χ0n) is 10.8. The van der Waals surface area contributed by atoms with Gasteiger partial charge in [-0.05, 0) is 24.6 Å². The Hall–Kier alpha value is -1.34. The minimum Gasteiger partial charge on any atom is -0.492 e. The van der Waals surface area contributed by atoms with Crippen molar-refractivity contribution in [3.05, 3.63) is 29.3 Å². The molecule has 1 heterocycles. The number of ether oxygens (including phenoxy) is 2. The molecular weight excluding hydrogens is 297 g/mol. The minimum absolute atomic E-state index is 0.0193. The summed E-state index contributed by atoms with van der Waals surface area (Å²) in [6.07, 6.45) is -4.15. The van der Waals surface area contributed by atoms with Crippen LogP contribution < -0.4 is 0 Å². The number of aromatic nitrogens is 2. The lowest BCUT2D eigenvalue weighted by Crippen LogP contribution is -2.18. The molecule has 0 saturated heterocycles. The first kappa shape index (κ1) is 16.7. The fourth-order valence-corrected chi connectivity index (χ4v) is 1.55. The highest BCUT2D eigenvalue weighted by Crippen LogP contribution is 2.16. The molecule has 0 aliphatic carbocycles. The summed E-state index contributed by atoms with van der Waals surface area (Å²) in [5, 5.41) is -0.0193. The largest absolute Gasteiger partial charge is 0.492 e. The molecule has 0 aliphatic rings. The van der Waals surface area contributed by atoms with E-state index < -0.39 is 12.8 Å². The number of nitrogens with zero attached hydrogens (tertiary/aromatic N) is 2. The third-order valence-electron chi connectivity index (χ3n) is 2.12. The standard InChI is InChI=1S/C12H14ClF3N2O2/c1-3-20-8(2)10-6-9(17-11(13)18-10)4-5-19-7-12(14,15)16/h6H,2-5,7H2,1H3. The Labute approximate surface area is 119 Å². The maximum atomic E-state index is 11.9. The summed E-state index contributed by atoms with van der Waals surface area (Å²) in [5.74, 6) is 0.328. The van der Waals surface area contributed by atoms with Gasteiger partial charge < -0.3 is 9.47 Å². The van der Waals surface area contributed by atoms with E-state index >= 15 is 0 Å². The second-order valence-corrected chi connectivity index (χ2v) is 4.13. The Morgan fingerprint density at radius 3 is 2.70 bits per heavy atom. The summed E-state index contributed by atoms with van der Waals surface area (Å²) in [6, 6.07) is 1.56. The summed E-state index contributed by atoms with van der Waals surface area (Å²) in [7, 11) is 0. The molecule has 20 heavy (non-hydrogen) atoms. The Bertz CT molecular complexity index is 467. The van der Waals surface area contributed by atoms with Crippen LogP contribution in [-0.4, -0.2) is 36.0 Å². The lowest BCUT2D eigenvalue weighted by Gasteiger charge is -2.09. The van der Waals surface area contributed by atoms with E-state index in [0.29, 0.717) is 23.8 Å². The summed E-state index contributed by atoms with van der Waals surface area (Å²) in [4.78, 5) is 7.84. The highest BCUT2D eigenvalue weighted by Gasteiger charge is 2.27. The average molecular weight is 311 g/mol. The van der Waals surface area contributed by atoms with Crippen molar-refractivity contribution >= 4 is 17.4 Å². The molecule has 1 aromatic heterocycles. The van der Waals surface area contributed by atoms with Gasteiger partial charge in [0.15, 0.2) is 0 Å². The zero-order chi connectivity index (χ0) is 15.2. The number of alkyl halides is 3. The molecule has 0 aromatic carbocycles. The molecule has 1 aromatic rings. The second-order valence-electron chi connectivity index (χ2n) is 3.79. The van der Waals surface area contributed by atoms with Gasteiger partial charge in [0.1, 0.15) is 18.1 Å². The van der Waals surface area contributed by atoms with E-state index in [4.69, 9.17) is 16.3 Å². The van der Waals surface area contributed by atoms with Gasteiger partial charge in [-0.15, -0.1) is 0 Å². The maximum Gasteiger partial charge on any atom is 0.411 e. The molecule has 0 saturated carbocycles. The topological polar surface area (TPSA) is 44.2 Å². The summed E-state index contributed by atoms with van der Waals surface area (Å²) < 4.78 is 45.4. The minimum atomic E-state index is -4.34. The first-order chi connectivity index (χ1) is 9.31. The van der Waals surface area contributed by atoms with Crippen molar-refractivity contribution in [2.75, 3.05) is 19.8 Å². The zero-order valence-corrected chi connectivity index (χ0v) is 11.6. The van der Waals surface area contributed by atoms with Crippen LogP contribution in [-0.2, 0) is 15.9 Å². The van der Waals surface area contributed by atoms with E-state index in [1.807, 2.05) is 0 Å². The molecule has 0 bridgehead atoms. The molecule has 0 N–H and O–H groups in total. The van der Waals surface area contributed by atoms with Gasteiger partial charge in [0, 0.05) is 12.1 Å². The lowest BCUT2D eigenvalue weighted by atomic mass is 10.2. The first-order valence-corrected chi connectivity index (χ1v) is 6.19. The maximum absolute atomic E-state index is 11.9. The molecule has 8 heteroatoms. The molecule has 0 fully saturated rings. The number of hydrogen-bond donors (Lipinski definition) is 0. The summed E-state index contributed by atoms with van der Waals surface area (Å²) in [6.45, 7) is 4.48. The second kappa shape index (κ2) is 7.44. The van der Waals surface area contributed by atoms with Crippen LogP contribution in [0.2, 0.25) is 5.28 Å². The van der Waals surface area contributed by atoms with Gasteiger partial charge in [-0.25, -0.2) is 9.97 Å². The van der Waals surface area contributed by atoms with Crippen LogP contribution in [0.25, 0.3) is 5.76 Å². The van der Waals surface area contributed by atoms with E-state index in [2.05, 4.69) is 21.3 Å². The molecule has 1 rings (SSSR count). The van der Waals surface area contributed by atoms with Crippen LogP contribution in [0.4, 0.5) is 13.2 Å². The van der Waals surface area contributed by atoms with Crippen molar-refractivity contribution in [1.29, 1.82) is 0 Å². The Morgan fingerprint density at radius 1 is 1.40 bits per heavy atom. The molecule has 0 spiro atoms. The molecule has 0 radical (unpaired) electrons. The molecule has 0 amide bonds. The lowest BCUT2D eigenvalue weighted by molar-refractivity contribution is -0.173. The van der Waals surface area contributed by atoms with Gasteiger partial charge in [0.2, 0.25) is 5.28 Å². The van der Waals surface area contributed by atoms with Crippen LogP contribution >= 0.6 is 11.6 Å². The van der Waals surface area contributed by atoms with Gasteiger partial charge in [-0.1, -0.05) is 6.58 Å². The van der Waals surface area contributed by atoms with E-state index in [0.717, 1.165) is 0 Å². The first-order valence-electron chi connectivity index (χ1n) is 5.82. The van der Waals surface area contributed by atoms with Crippen LogP contribution in [0.5, 0.6) is 0 Å². The Morgan fingerprint density at radius 2 is 2.10 bits per heavy atom. The van der Waals surface area contributed by atoms with Gasteiger partial charge in [-0.2, -0.15) is 13.2 Å². The van der Waals surface area contributed by atoms with Crippen molar-refractivity contribution in [3.63, 3.8) is 0 Å². The monoisotopic (exact) mass is 310 g/mol. The van der Waals surface area contributed by atoms with Gasteiger partial charge >= 0.3 is 6.18 Å². The summed E-state index contributed by atoms with van der Waals surface area (Å²) >= 11 is 5.74. The van der Waals surface area contributed by atoms with Gasteiger partial charge in [-0.3, -0.25) is 0 Å². The van der Waals surface area contributed by atoms with Crippen LogP contribution in [0.3, 0.4) is 0 Å². The number of rotatable bonds is 7. The fraction of sp³-hybridized carbons (Fsp3) is 0.500. The van der Waals surface area contributed by atoms with E-state index in [1.54, 1.807) is 13.0 Å². The van der Waals surface area contributed by atoms with Crippen LogP contribution in [0.1, 0.15) is 18.3 Å². The summed E-state index contributed by atoms with van der Waals surface area (Å²) in [5.41, 5.74) is 0.862. The van der Waals surface area contributed by atoms with Crippen molar-refractivity contribution in [2.45, 2.75) is 19.5 Å². The normalized spacial score (nSPS) is 11.4. The molecular formula is C12H14ClF3N2O2. The molecule has 0 unspecified atom stereocenters. The Balaban J connectivity index is 2.60. The van der Waals surface area contributed by atoms with Gasteiger partial charge in [0.05, 0.1) is 13.2 Å². The van der Waals surface area contributed by atoms with Crippen LogP contribution in [0.15, 0.2) is 12.6 Å². The molecule has 112 valence electrons. The predicted octanol–water partition coefficient (Wildman–Crippen LogP) is 3.26. The van der Waals surface area contributed by atoms with Crippen molar-refractivity contribution in [3.8, 4) is 0 Å². The highest BCUT2D eigenvalue weighted by molar-refractivity contribution is 6.28. The number of halogens is 4. The quantitative estimate of drug-likeness (QED) is 0.440. The van der Waals surface area contributed by atoms with Gasteiger partial charge in [0.25, 0.3) is 0 Å². The van der Waals surface area contributed by atoms with Crippen molar-refractivity contribution < 1.29 is 22.6 Å². The highest BCUT2D eigenvalue weighted by atomic mass is 35.5. The third-order valence-corrected chi connectivity index (χ3v) is 2.29. The Kier molecular flexibility index (Phi) is 6.22. The predicted molar refractivity (Wildman–Crippen MR) is 68.3 cm³/mol. The molecule has 0 atom stereocenters. The number of hydrogen-bond acceptors (Lipinski definition) is 4. The smallest absolute Gasteiger partial charge is 0.411 e. The fourth-order valence-electron chi connectivity index (χ4n) is 1.35. The van der Waals surface area contributed by atoms with Crippen molar-refractivity contribution in [1.82, 2.24) is 9.97 Å². The molecule has 0 aliphatic heterocycles. The average Bonchev–Trinajstić information content (AvgIpc) is 2.33. The van der Waals surface area contributed by atoms with Crippen molar-refractivity contribution in [2.24, 2.45) is 0 Å². The third kappa shape index (κ3) is 6.21. The van der Waals surface area contributed by atoms with E-state index in [-0.39, 0.29) is 18.3 Å². The van der Waals surface area contributed by atoms with E-state index in [1.165, 1.54) is 0 Å². The SMILES string of the molecule is C=C(OCC)c1cc(CCOCC(F)(F)F)nc(Cl)n1. The van der Waals surface area contributed by atoms with Crippen LogP contribution in [0, 0.1) is 0 Å².